The fourth-order valence-corrected chi connectivity index (χ4v) is 2.46. The highest BCUT2D eigenvalue weighted by molar-refractivity contribution is 5.85. The number of rotatable bonds is 5. The van der Waals surface area contributed by atoms with Crippen LogP contribution >= 0.6 is 0 Å². The van der Waals surface area contributed by atoms with E-state index < -0.39 is 5.97 Å². The summed E-state index contributed by atoms with van der Waals surface area (Å²) in [5.41, 5.74) is 0.422. The molecule has 0 unspecified atom stereocenters. The molecule has 1 atom stereocenters. The largest absolute Gasteiger partial charge is 0.478 e. The second-order valence-electron chi connectivity index (χ2n) is 5.14. The molecule has 17 heavy (non-hydrogen) atoms. The lowest BCUT2D eigenvalue weighted by molar-refractivity contribution is -0.132. The zero-order chi connectivity index (χ0) is 12.7. The summed E-state index contributed by atoms with van der Waals surface area (Å²) >= 11 is 0. The van der Waals surface area contributed by atoms with Crippen molar-refractivity contribution in [1.82, 2.24) is 5.32 Å². The van der Waals surface area contributed by atoms with E-state index in [0.717, 1.165) is 5.92 Å². The van der Waals surface area contributed by atoms with Gasteiger partial charge in [0, 0.05) is 18.2 Å². The van der Waals surface area contributed by atoms with E-state index in [0.29, 0.717) is 18.2 Å². The highest BCUT2D eigenvalue weighted by Gasteiger charge is 2.17. The zero-order valence-electron chi connectivity index (χ0n) is 11.0. The van der Waals surface area contributed by atoms with Crippen molar-refractivity contribution >= 4 is 5.97 Å². The van der Waals surface area contributed by atoms with E-state index in [2.05, 4.69) is 12.2 Å². The van der Waals surface area contributed by atoms with Crippen LogP contribution in [0.25, 0.3) is 0 Å². The SMILES string of the molecule is C/C(=C/CN[C@@H](C)C1CCCCCC1)C(=O)O. The van der Waals surface area contributed by atoms with Gasteiger partial charge < -0.3 is 10.4 Å². The van der Waals surface area contributed by atoms with Gasteiger partial charge in [-0.25, -0.2) is 4.79 Å². The van der Waals surface area contributed by atoms with E-state index in [4.69, 9.17) is 5.11 Å². The van der Waals surface area contributed by atoms with Gasteiger partial charge in [0.15, 0.2) is 0 Å². The van der Waals surface area contributed by atoms with Crippen molar-refractivity contribution in [1.29, 1.82) is 0 Å². The molecule has 98 valence electrons. The fourth-order valence-electron chi connectivity index (χ4n) is 2.46. The van der Waals surface area contributed by atoms with Gasteiger partial charge in [-0.05, 0) is 32.6 Å². The van der Waals surface area contributed by atoms with Crippen molar-refractivity contribution in [3.05, 3.63) is 11.6 Å². The summed E-state index contributed by atoms with van der Waals surface area (Å²) in [6.45, 7) is 4.52. The van der Waals surface area contributed by atoms with Crippen LogP contribution in [0, 0.1) is 5.92 Å². The number of carboxylic acid groups (broad SMARTS) is 1. The molecule has 1 aliphatic rings. The number of nitrogens with one attached hydrogen (secondary N) is 1. The fraction of sp³-hybridized carbons (Fsp3) is 0.786. The summed E-state index contributed by atoms with van der Waals surface area (Å²) in [4.78, 5) is 10.6. The molecule has 1 saturated carbocycles. The molecule has 1 fully saturated rings. The van der Waals surface area contributed by atoms with E-state index in [1.54, 1.807) is 13.0 Å². The van der Waals surface area contributed by atoms with Crippen molar-refractivity contribution in [3.63, 3.8) is 0 Å². The van der Waals surface area contributed by atoms with Gasteiger partial charge in [0.25, 0.3) is 0 Å². The minimum atomic E-state index is -0.825. The molecule has 0 bridgehead atoms. The molecule has 0 amide bonds. The molecule has 0 aromatic rings. The van der Waals surface area contributed by atoms with Gasteiger partial charge in [0.1, 0.15) is 0 Å². The maximum absolute atomic E-state index is 10.6. The Kier molecular flexibility index (Phi) is 6.27. The number of hydrogen-bond donors (Lipinski definition) is 2. The second kappa shape index (κ2) is 7.49. The Morgan fingerprint density at radius 2 is 1.94 bits per heavy atom. The van der Waals surface area contributed by atoms with Crippen LogP contribution in [0.2, 0.25) is 0 Å². The first kappa shape index (κ1) is 14.2. The molecule has 0 radical (unpaired) electrons. The monoisotopic (exact) mass is 239 g/mol. The van der Waals surface area contributed by atoms with Crippen molar-refractivity contribution in [2.45, 2.75) is 58.4 Å². The smallest absolute Gasteiger partial charge is 0.330 e. The van der Waals surface area contributed by atoms with Gasteiger partial charge in [-0.1, -0.05) is 31.8 Å². The van der Waals surface area contributed by atoms with Crippen LogP contribution in [0.5, 0.6) is 0 Å². The van der Waals surface area contributed by atoms with Gasteiger partial charge in [0.2, 0.25) is 0 Å². The molecule has 0 heterocycles. The Hall–Kier alpha value is -0.830. The first-order valence-electron chi connectivity index (χ1n) is 6.74. The van der Waals surface area contributed by atoms with E-state index in [9.17, 15) is 4.79 Å². The predicted octanol–water partition coefficient (Wildman–Crippen LogP) is 2.97. The molecule has 3 heteroatoms. The molecule has 0 saturated heterocycles. The van der Waals surface area contributed by atoms with Gasteiger partial charge in [-0.3, -0.25) is 0 Å². The molecule has 1 aliphatic carbocycles. The van der Waals surface area contributed by atoms with Gasteiger partial charge >= 0.3 is 5.97 Å². The van der Waals surface area contributed by atoms with Crippen LogP contribution < -0.4 is 5.32 Å². The van der Waals surface area contributed by atoms with E-state index >= 15 is 0 Å². The number of hydrogen-bond acceptors (Lipinski definition) is 2. The van der Waals surface area contributed by atoms with Crippen molar-refractivity contribution in [2.75, 3.05) is 6.54 Å². The second-order valence-corrected chi connectivity index (χ2v) is 5.14. The van der Waals surface area contributed by atoms with E-state index in [1.165, 1.54) is 38.5 Å². The normalized spacial score (nSPS) is 20.9. The van der Waals surface area contributed by atoms with Gasteiger partial charge in [-0.2, -0.15) is 0 Å². The average molecular weight is 239 g/mol. The van der Waals surface area contributed by atoms with E-state index in [-0.39, 0.29) is 0 Å². The molecular weight excluding hydrogens is 214 g/mol. The summed E-state index contributed by atoms with van der Waals surface area (Å²) in [5, 5.41) is 12.2. The third-order valence-corrected chi connectivity index (χ3v) is 3.79. The molecule has 1 rings (SSSR count). The number of aliphatic carboxylic acids is 1. The predicted molar refractivity (Wildman–Crippen MR) is 70.0 cm³/mol. The van der Waals surface area contributed by atoms with Crippen molar-refractivity contribution in [2.24, 2.45) is 5.92 Å². The standard InChI is InChI=1S/C14H25NO2/c1-11(14(16)17)9-10-15-12(2)13-7-5-3-4-6-8-13/h9,12-13,15H,3-8,10H2,1-2H3,(H,16,17)/b11-9-/t12-/m0/s1. The van der Waals surface area contributed by atoms with Gasteiger partial charge in [-0.15, -0.1) is 0 Å². The highest BCUT2D eigenvalue weighted by atomic mass is 16.4. The number of carbonyl (C=O) groups is 1. The van der Waals surface area contributed by atoms with Crippen LogP contribution in [0.3, 0.4) is 0 Å². The minimum absolute atomic E-state index is 0.422. The Balaban J connectivity index is 2.30. The topological polar surface area (TPSA) is 49.3 Å². The maximum Gasteiger partial charge on any atom is 0.330 e. The lowest BCUT2D eigenvalue weighted by Crippen LogP contribution is -2.33. The summed E-state index contributed by atoms with van der Waals surface area (Å²) < 4.78 is 0. The van der Waals surface area contributed by atoms with Crippen molar-refractivity contribution < 1.29 is 9.90 Å². The van der Waals surface area contributed by atoms with Crippen LogP contribution in [0.1, 0.15) is 52.4 Å². The Morgan fingerprint density at radius 3 is 2.47 bits per heavy atom. The highest BCUT2D eigenvalue weighted by Crippen LogP contribution is 2.25. The first-order valence-corrected chi connectivity index (χ1v) is 6.74. The summed E-state index contributed by atoms with van der Waals surface area (Å²) in [6, 6.07) is 0.492. The van der Waals surface area contributed by atoms with Gasteiger partial charge in [0.05, 0.1) is 0 Å². The zero-order valence-corrected chi connectivity index (χ0v) is 11.0. The molecule has 0 aliphatic heterocycles. The third kappa shape index (κ3) is 5.35. The molecule has 0 spiro atoms. The molecule has 3 nitrogen and oxygen atoms in total. The molecule has 0 aromatic carbocycles. The third-order valence-electron chi connectivity index (χ3n) is 3.79. The summed E-state index contributed by atoms with van der Waals surface area (Å²) in [5.74, 6) is -0.0649. The van der Waals surface area contributed by atoms with Crippen LogP contribution in [0.15, 0.2) is 11.6 Å². The molecular formula is C14H25NO2. The quantitative estimate of drug-likeness (QED) is 0.573. The summed E-state index contributed by atoms with van der Waals surface area (Å²) in [6.07, 6.45) is 9.84. The Bertz CT molecular complexity index is 265. The molecule has 2 N–H and O–H groups in total. The van der Waals surface area contributed by atoms with Crippen LogP contribution in [-0.4, -0.2) is 23.7 Å². The lowest BCUT2D eigenvalue weighted by Gasteiger charge is -2.23. The molecule has 0 aromatic heterocycles. The Labute approximate surface area is 104 Å². The van der Waals surface area contributed by atoms with Crippen molar-refractivity contribution in [3.8, 4) is 0 Å². The minimum Gasteiger partial charge on any atom is -0.478 e. The van der Waals surface area contributed by atoms with Crippen LogP contribution in [-0.2, 0) is 4.79 Å². The Morgan fingerprint density at radius 1 is 1.35 bits per heavy atom. The van der Waals surface area contributed by atoms with E-state index in [1.807, 2.05) is 0 Å². The summed E-state index contributed by atoms with van der Waals surface area (Å²) in [7, 11) is 0. The number of carboxylic acids is 1. The average Bonchev–Trinajstić information content (AvgIpc) is 2.57. The first-order chi connectivity index (χ1) is 8.11. The maximum atomic E-state index is 10.6. The lowest BCUT2D eigenvalue weighted by atomic mass is 9.93. The van der Waals surface area contributed by atoms with Crippen LogP contribution in [0.4, 0.5) is 0 Å².